The summed E-state index contributed by atoms with van der Waals surface area (Å²) < 4.78 is 7.18. The van der Waals surface area contributed by atoms with Gasteiger partial charge < -0.3 is 9.30 Å². The van der Waals surface area contributed by atoms with Crippen molar-refractivity contribution in [3.8, 4) is 17.1 Å². The zero-order chi connectivity index (χ0) is 24.2. The summed E-state index contributed by atoms with van der Waals surface area (Å²) >= 11 is 1.35. The number of carbonyl (C=O) groups is 1. The number of benzene rings is 2. The summed E-state index contributed by atoms with van der Waals surface area (Å²) in [5, 5.41) is 15.6. The number of hydrogen-bond acceptors (Lipinski definition) is 7. The first-order chi connectivity index (χ1) is 17.1. The number of hydrazone groups is 1. The fraction of sp³-hybridized carbons (Fsp3) is 0.192. The van der Waals surface area contributed by atoms with E-state index in [1.165, 1.54) is 11.8 Å². The predicted octanol–water partition coefficient (Wildman–Crippen LogP) is 4.36. The molecule has 0 saturated carbocycles. The highest BCUT2D eigenvalue weighted by atomic mass is 32.2. The molecule has 2 aromatic carbocycles. The molecule has 1 amide bonds. The van der Waals surface area contributed by atoms with Crippen LogP contribution in [0.4, 0.5) is 0 Å². The van der Waals surface area contributed by atoms with E-state index >= 15 is 0 Å². The van der Waals surface area contributed by atoms with Gasteiger partial charge in [-0.3, -0.25) is 9.78 Å². The number of rotatable bonds is 7. The molecular weight excluding hydrogens is 460 g/mol. The van der Waals surface area contributed by atoms with Crippen LogP contribution in [0.1, 0.15) is 23.6 Å². The molecule has 0 radical (unpaired) electrons. The fourth-order valence-corrected chi connectivity index (χ4v) is 4.78. The van der Waals surface area contributed by atoms with Gasteiger partial charge in [-0.2, -0.15) is 5.10 Å². The van der Waals surface area contributed by atoms with Crippen LogP contribution in [0.3, 0.4) is 0 Å². The number of nitrogens with zero attached hydrogens (tertiary/aromatic N) is 6. The monoisotopic (exact) mass is 484 g/mol. The van der Waals surface area contributed by atoms with Crippen molar-refractivity contribution in [2.75, 3.05) is 12.9 Å². The van der Waals surface area contributed by atoms with Gasteiger partial charge >= 0.3 is 0 Å². The Morgan fingerprint density at radius 1 is 1.00 bits per heavy atom. The van der Waals surface area contributed by atoms with Gasteiger partial charge in [-0.15, -0.1) is 10.2 Å². The molecule has 9 heteroatoms. The van der Waals surface area contributed by atoms with Gasteiger partial charge in [-0.1, -0.05) is 54.2 Å². The summed E-state index contributed by atoms with van der Waals surface area (Å²) in [6.45, 7) is 0. The van der Waals surface area contributed by atoms with Crippen LogP contribution >= 0.6 is 11.8 Å². The second-order valence-electron chi connectivity index (χ2n) is 8.03. The first-order valence-electron chi connectivity index (χ1n) is 11.2. The lowest BCUT2D eigenvalue weighted by atomic mass is 9.98. The minimum absolute atomic E-state index is 0.0878. The SMILES string of the molecule is COc1ccc([C@H]2CC(c3ccccc3)=NN2C(=O)CSc2nnc(-c3ccncc3)n2C)cc1. The van der Waals surface area contributed by atoms with Crippen LogP contribution in [-0.4, -0.2) is 49.2 Å². The topological polar surface area (TPSA) is 85.5 Å². The summed E-state index contributed by atoms with van der Waals surface area (Å²) in [5.74, 6) is 1.61. The van der Waals surface area contributed by atoms with Crippen LogP contribution in [0, 0.1) is 0 Å². The van der Waals surface area contributed by atoms with Gasteiger partial charge in [-0.25, -0.2) is 5.01 Å². The maximum Gasteiger partial charge on any atom is 0.253 e. The average molecular weight is 485 g/mol. The molecule has 0 unspecified atom stereocenters. The molecule has 5 rings (SSSR count). The lowest BCUT2D eigenvalue weighted by molar-refractivity contribution is -0.130. The van der Waals surface area contributed by atoms with E-state index in [0.29, 0.717) is 11.6 Å². The molecule has 0 fully saturated rings. The molecule has 1 atom stereocenters. The Balaban J connectivity index is 1.36. The Bertz CT molecular complexity index is 1340. The second-order valence-corrected chi connectivity index (χ2v) is 8.98. The number of thioether (sulfide) groups is 1. The van der Waals surface area contributed by atoms with E-state index in [-0.39, 0.29) is 17.7 Å². The normalized spacial score (nSPS) is 15.2. The van der Waals surface area contributed by atoms with E-state index in [1.54, 1.807) is 24.5 Å². The lowest BCUT2D eigenvalue weighted by Crippen LogP contribution is -2.28. The highest BCUT2D eigenvalue weighted by Crippen LogP contribution is 2.34. The number of amides is 1. The molecule has 0 saturated heterocycles. The Morgan fingerprint density at radius 2 is 1.74 bits per heavy atom. The number of pyridine rings is 1. The molecule has 0 aliphatic carbocycles. The lowest BCUT2D eigenvalue weighted by Gasteiger charge is -2.22. The van der Waals surface area contributed by atoms with Gasteiger partial charge in [0.1, 0.15) is 5.75 Å². The molecule has 1 aliphatic heterocycles. The van der Waals surface area contributed by atoms with Gasteiger partial charge in [0.15, 0.2) is 11.0 Å². The molecular formula is C26H24N6O2S. The molecule has 8 nitrogen and oxygen atoms in total. The highest BCUT2D eigenvalue weighted by Gasteiger charge is 2.33. The smallest absolute Gasteiger partial charge is 0.253 e. The van der Waals surface area contributed by atoms with Crippen LogP contribution in [0.15, 0.2) is 89.4 Å². The second kappa shape index (κ2) is 10.1. The summed E-state index contributed by atoms with van der Waals surface area (Å²) in [5.41, 5.74) is 3.84. The third-order valence-electron chi connectivity index (χ3n) is 5.87. The highest BCUT2D eigenvalue weighted by molar-refractivity contribution is 7.99. The van der Waals surface area contributed by atoms with Crippen molar-refractivity contribution in [1.82, 2.24) is 24.8 Å². The van der Waals surface area contributed by atoms with Crippen LogP contribution in [0.5, 0.6) is 5.75 Å². The minimum Gasteiger partial charge on any atom is -0.497 e. The molecule has 176 valence electrons. The Morgan fingerprint density at radius 3 is 2.46 bits per heavy atom. The van der Waals surface area contributed by atoms with Gasteiger partial charge in [0.25, 0.3) is 5.91 Å². The van der Waals surface area contributed by atoms with Crippen molar-refractivity contribution in [2.45, 2.75) is 17.6 Å². The summed E-state index contributed by atoms with van der Waals surface area (Å²) in [6.07, 6.45) is 4.08. The summed E-state index contributed by atoms with van der Waals surface area (Å²) in [7, 11) is 3.53. The first kappa shape index (κ1) is 22.8. The quantitative estimate of drug-likeness (QED) is 0.363. The number of methoxy groups -OCH3 is 1. The standard InChI is InChI=1S/C26H24N6O2S/c1-31-25(20-12-14-27-15-13-20)28-29-26(31)35-17-24(33)32-23(19-8-10-21(34-2)11-9-19)16-22(30-32)18-6-4-3-5-7-18/h3-15,23H,16-17H2,1-2H3/t23-/m1/s1. The zero-order valence-electron chi connectivity index (χ0n) is 19.4. The third kappa shape index (κ3) is 4.81. The van der Waals surface area contributed by atoms with Crippen molar-refractivity contribution in [2.24, 2.45) is 12.1 Å². The molecule has 1 aliphatic rings. The summed E-state index contributed by atoms with van der Waals surface area (Å²) in [4.78, 5) is 17.4. The van der Waals surface area contributed by atoms with Crippen molar-refractivity contribution < 1.29 is 9.53 Å². The number of ether oxygens (including phenoxy) is 1. The molecule has 2 aromatic heterocycles. The van der Waals surface area contributed by atoms with E-state index < -0.39 is 0 Å². The van der Waals surface area contributed by atoms with Crippen molar-refractivity contribution in [3.63, 3.8) is 0 Å². The van der Waals surface area contributed by atoms with Crippen LogP contribution < -0.4 is 4.74 Å². The molecule has 0 bridgehead atoms. The number of aromatic nitrogens is 4. The van der Waals surface area contributed by atoms with E-state index in [2.05, 4.69) is 15.2 Å². The predicted molar refractivity (Wildman–Crippen MR) is 135 cm³/mol. The van der Waals surface area contributed by atoms with Crippen molar-refractivity contribution >= 4 is 23.4 Å². The van der Waals surface area contributed by atoms with Gasteiger partial charge in [0.05, 0.1) is 24.6 Å². The van der Waals surface area contributed by atoms with E-state index in [0.717, 1.165) is 34.0 Å². The van der Waals surface area contributed by atoms with Gasteiger partial charge in [0, 0.05) is 31.4 Å². The molecule has 3 heterocycles. The van der Waals surface area contributed by atoms with Crippen LogP contribution in [0.2, 0.25) is 0 Å². The van der Waals surface area contributed by atoms with Crippen LogP contribution in [0.25, 0.3) is 11.4 Å². The Hall–Kier alpha value is -3.98. The Labute approximate surface area is 207 Å². The number of carbonyl (C=O) groups excluding carboxylic acids is 1. The fourth-order valence-electron chi connectivity index (χ4n) is 4.02. The van der Waals surface area contributed by atoms with Gasteiger partial charge in [0.2, 0.25) is 0 Å². The largest absolute Gasteiger partial charge is 0.497 e. The molecule has 4 aromatic rings. The first-order valence-corrected chi connectivity index (χ1v) is 12.1. The minimum atomic E-state index is -0.184. The molecule has 0 spiro atoms. The average Bonchev–Trinajstić information content (AvgIpc) is 3.52. The zero-order valence-corrected chi connectivity index (χ0v) is 20.2. The Kier molecular flexibility index (Phi) is 6.58. The van der Waals surface area contributed by atoms with Crippen molar-refractivity contribution in [1.29, 1.82) is 0 Å². The maximum atomic E-state index is 13.4. The van der Waals surface area contributed by atoms with Gasteiger partial charge in [-0.05, 0) is 35.4 Å². The van der Waals surface area contributed by atoms with Crippen molar-refractivity contribution in [3.05, 3.63) is 90.3 Å². The third-order valence-corrected chi connectivity index (χ3v) is 6.88. The number of hydrogen-bond donors (Lipinski definition) is 0. The van der Waals surface area contributed by atoms with Crippen LogP contribution in [-0.2, 0) is 11.8 Å². The molecule has 0 N–H and O–H groups in total. The van der Waals surface area contributed by atoms with E-state index in [9.17, 15) is 4.79 Å². The van der Waals surface area contributed by atoms with E-state index in [1.807, 2.05) is 78.3 Å². The van der Waals surface area contributed by atoms with E-state index in [4.69, 9.17) is 9.84 Å². The maximum absolute atomic E-state index is 13.4. The summed E-state index contributed by atoms with van der Waals surface area (Å²) in [6, 6.07) is 21.4. The molecule has 35 heavy (non-hydrogen) atoms.